The molecule has 1 aliphatic carbocycles. The largest absolute Gasteiger partial charge is 0.356 e. The summed E-state index contributed by atoms with van der Waals surface area (Å²) < 4.78 is 0. The highest BCUT2D eigenvalue weighted by Crippen LogP contribution is 2.30. The number of nitrogens with one attached hydrogen (secondary N) is 1. The van der Waals surface area contributed by atoms with Gasteiger partial charge in [0.2, 0.25) is 11.8 Å². The SMILES string of the molecule is Cc1cccc(N2C[C@@H](C(=O)NCC3CCC3)CC2=O)c1C. The van der Waals surface area contributed by atoms with Crippen LogP contribution in [0.1, 0.15) is 36.8 Å². The number of amides is 2. The van der Waals surface area contributed by atoms with Crippen molar-refractivity contribution in [3.05, 3.63) is 29.3 Å². The molecule has 0 aromatic heterocycles. The smallest absolute Gasteiger partial charge is 0.227 e. The van der Waals surface area contributed by atoms with Crippen LogP contribution in [-0.2, 0) is 9.59 Å². The predicted molar refractivity (Wildman–Crippen MR) is 86.7 cm³/mol. The first-order valence-electron chi connectivity index (χ1n) is 8.20. The van der Waals surface area contributed by atoms with Crippen molar-refractivity contribution >= 4 is 17.5 Å². The third kappa shape index (κ3) is 2.87. The number of nitrogens with zero attached hydrogens (tertiary/aromatic N) is 1. The summed E-state index contributed by atoms with van der Waals surface area (Å²) >= 11 is 0. The van der Waals surface area contributed by atoms with Gasteiger partial charge in [0.1, 0.15) is 0 Å². The zero-order valence-electron chi connectivity index (χ0n) is 13.4. The quantitative estimate of drug-likeness (QED) is 0.929. The van der Waals surface area contributed by atoms with Gasteiger partial charge in [-0.2, -0.15) is 0 Å². The molecule has 1 saturated heterocycles. The normalized spacial score (nSPS) is 21.8. The number of aryl methyl sites for hydroxylation is 1. The lowest BCUT2D eigenvalue weighted by Crippen LogP contribution is -2.37. The molecule has 4 heteroatoms. The average molecular weight is 300 g/mol. The molecule has 2 aliphatic rings. The van der Waals surface area contributed by atoms with Crippen molar-refractivity contribution in [1.82, 2.24) is 5.32 Å². The van der Waals surface area contributed by atoms with Crippen LogP contribution in [0.2, 0.25) is 0 Å². The number of carbonyl (C=O) groups is 2. The molecule has 0 spiro atoms. The molecule has 1 heterocycles. The van der Waals surface area contributed by atoms with E-state index in [1.165, 1.54) is 24.8 Å². The van der Waals surface area contributed by atoms with E-state index in [2.05, 4.69) is 5.32 Å². The van der Waals surface area contributed by atoms with Crippen molar-refractivity contribution < 1.29 is 9.59 Å². The molecule has 2 fully saturated rings. The van der Waals surface area contributed by atoms with E-state index in [1.54, 1.807) is 4.90 Å². The summed E-state index contributed by atoms with van der Waals surface area (Å²) in [5, 5.41) is 3.03. The van der Waals surface area contributed by atoms with Gasteiger partial charge in [0.05, 0.1) is 5.92 Å². The number of hydrogen-bond donors (Lipinski definition) is 1. The second-order valence-corrected chi connectivity index (χ2v) is 6.67. The molecule has 118 valence electrons. The van der Waals surface area contributed by atoms with E-state index in [1.807, 2.05) is 32.0 Å². The lowest BCUT2D eigenvalue weighted by Gasteiger charge is -2.26. The summed E-state index contributed by atoms with van der Waals surface area (Å²) in [5.74, 6) is 0.522. The Morgan fingerprint density at radius 1 is 1.32 bits per heavy atom. The number of anilines is 1. The van der Waals surface area contributed by atoms with E-state index in [0.29, 0.717) is 18.9 Å². The van der Waals surface area contributed by atoms with Crippen molar-refractivity contribution in [3.8, 4) is 0 Å². The van der Waals surface area contributed by atoms with Gasteiger partial charge in [-0.3, -0.25) is 9.59 Å². The highest BCUT2D eigenvalue weighted by Gasteiger charge is 2.36. The molecule has 1 aliphatic heterocycles. The minimum Gasteiger partial charge on any atom is -0.356 e. The van der Waals surface area contributed by atoms with Gasteiger partial charge in [-0.15, -0.1) is 0 Å². The maximum absolute atomic E-state index is 12.3. The minimum absolute atomic E-state index is 0.0352. The van der Waals surface area contributed by atoms with Gasteiger partial charge < -0.3 is 10.2 Å². The van der Waals surface area contributed by atoms with Crippen molar-refractivity contribution in [3.63, 3.8) is 0 Å². The standard InChI is InChI=1S/C18H24N2O2/c1-12-5-3-8-16(13(12)2)20-11-15(9-17(20)21)18(22)19-10-14-6-4-7-14/h3,5,8,14-15H,4,6-7,9-11H2,1-2H3,(H,19,22)/t15-/m0/s1. The number of carbonyl (C=O) groups excluding carboxylic acids is 2. The van der Waals surface area contributed by atoms with Gasteiger partial charge in [0.25, 0.3) is 0 Å². The fourth-order valence-corrected chi connectivity index (χ4v) is 3.23. The van der Waals surface area contributed by atoms with E-state index in [-0.39, 0.29) is 17.7 Å². The fraction of sp³-hybridized carbons (Fsp3) is 0.556. The summed E-state index contributed by atoms with van der Waals surface area (Å²) in [4.78, 5) is 26.4. The van der Waals surface area contributed by atoms with E-state index >= 15 is 0 Å². The van der Waals surface area contributed by atoms with E-state index in [0.717, 1.165) is 17.8 Å². The summed E-state index contributed by atoms with van der Waals surface area (Å²) in [7, 11) is 0. The highest BCUT2D eigenvalue weighted by molar-refractivity contribution is 6.00. The predicted octanol–water partition coefficient (Wildman–Crippen LogP) is 2.57. The third-order valence-electron chi connectivity index (χ3n) is 5.15. The van der Waals surface area contributed by atoms with Gasteiger partial charge in [0, 0.05) is 25.2 Å². The van der Waals surface area contributed by atoms with E-state index < -0.39 is 0 Å². The molecule has 1 N–H and O–H groups in total. The third-order valence-corrected chi connectivity index (χ3v) is 5.15. The van der Waals surface area contributed by atoms with Gasteiger partial charge >= 0.3 is 0 Å². The van der Waals surface area contributed by atoms with Crippen LogP contribution in [0.25, 0.3) is 0 Å². The lowest BCUT2D eigenvalue weighted by molar-refractivity contribution is -0.126. The van der Waals surface area contributed by atoms with Crippen molar-refractivity contribution in [2.75, 3.05) is 18.0 Å². The van der Waals surface area contributed by atoms with E-state index in [4.69, 9.17) is 0 Å². The molecule has 4 nitrogen and oxygen atoms in total. The van der Waals surface area contributed by atoms with Crippen LogP contribution in [0.3, 0.4) is 0 Å². The second-order valence-electron chi connectivity index (χ2n) is 6.67. The highest BCUT2D eigenvalue weighted by atomic mass is 16.2. The van der Waals surface area contributed by atoms with Crippen molar-refractivity contribution in [1.29, 1.82) is 0 Å². The zero-order chi connectivity index (χ0) is 15.7. The summed E-state index contributed by atoms with van der Waals surface area (Å²) in [6.07, 6.45) is 4.05. The van der Waals surface area contributed by atoms with Gasteiger partial charge in [-0.05, 0) is 49.8 Å². The molecule has 1 aromatic carbocycles. The number of benzene rings is 1. The molecule has 0 radical (unpaired) electrons. The Bertz CT molecular complexity index is 593. The molecule has 22 heavy (non-hydrogen) atoms. The molecule has 1 aromatic rings. The summed E-state index contributed by atoms with van der Waals surface area (Å²) in [6.45, 7) is 5.34. The monoisotopic (exact) mass is 300 g/mol. The Balaban J connectivity index is 1.64. The number of rotatable bonds is 4. The zero-order valence-corrected chi connectivity index (χ0v) is 13.4. The second kappa shape index (κ2) is 6.11. The Labute approximate surface area is 131 Å². The minimum atomic E-state index is -0.215. The maximum Gasteiger partial charge on any atom is 0.227 e. The average Bonchev–Trinajstić information content (AvgIpc) is 2.82. The summed E-state index contributed by atoms with van der Waals surface area (Å²) in [6, 6.07) is 5.98. The van der Waals surface area contributed by atoms with Crippen LogP contribution in [0.15, 0.2) is 18.2 Å². The molecular weight excluding hydrogens is 276 g/mol. The molecule has 0 unspecified atom stereocenters. The van der Waals surface area contributed by atoms with Gasteiger partial charge in [-0.25, -0.2) is 0 Å². The van der Waals surface area contributed by atoms with Crippen LogP contribution in [0.5, 0.6) is 0 Å². The molecular formula is C18H24N2O2. The molecule has 1 atom stereocenters. The van der Waals surface area contributed by atoms with Crippen molar-refractivity contribution in [2.45, 2.75) is 39.5 Å². The van der Waals surface area contributed by atoms with Crippen LogP contribution in [-0.4, -0.2) is 24.9 Å². The Kier molecular flexibility index (Phi) is 4.19. The Morgan fingerprint density at radius 3 is 2.77 bits per heavy atom. The topological polar surface area (TPSA) is 49.4 Å². The van der Waals surface area contributed by atoms with Crippen LogP contribution in [0.4, 0.5) is 5.69 Å². The lowest BCUT2D eigenvalue weighted by atomic mass is 9.85. The fourth-order valence-electron chi connectivity index (χ4n) is 3.23. The molecule has 1 saturated carbocycles. The van der Waals surface area contributed by atoms with Gasteiger partial charge in [0.15, 0.2) is 0 Å². The molecule has 0 bridgehead atoms. The Hall–Kier alpha value is -1.84. The number of hydrogen-bond acceptors (Lipinski definition) is 2. The Morgan fingerprint density at radius 2 is 2.09 bits per heavy atom. The van der Waals surface area contributed by atoms with E-state index in [9.17, 15) is 9.59 Å². The molecule has 2 amide bonds. The van der Waals surface area contributed by atoms with Gasteiger partial charge in [-0.1, -0.05) is 18.6 Å². The van der Waals surface area contributed by atoms with Crippen LogP contribution in [0, 0.1) is 25.7 Å². The first-order chi connectivity index (χ1) is 10.6. The van der Waals surface area contributed by atoms with Crippen LogP contribution < -0.4 is 10.2 Å². The van der Waals surface area contributed by atoms with Crippen molar-refractivity contribution in [2.24, 2.45) is 11.8 Å². The first-order valence-corrected chi connectivity index (χ1v) is 8.20. The van der Waals surface area contributed by atoms with Crippen LogP contribution >= 0.6 is 0 Å². The first kappa shape index (κ1) is 15.1. The maximum atomic E-state index is 12.3. The summed E-state index contributed by atoms with van der Waals surface area (Å²) in [5.41, 5.74) is 3.23. The molecule has 3 rings (SSSR count).